The summed E-state index contributed by atoms with van der Waals surface area (Å²) in [6, 6.07) is 166. The number of benzene rings is 18. The molecule has 0 radical (unpaired) electrons. The second-order valence-electron chi connectivity index (χ2n) is 27.7. The number of fused-ring (bicyclic) bond motifs is 1. The molecule has 0 aliphatic carbocycles. The summed E-state index contributed by atoms with van der Waals surface area (Å²) in [5.74, 6) is 0. The molecular weight excluding hydrogens is 1330 g/mol. The molecule has 0 aliphatic rings. The maximum atomic E-state index is 2.35. The van der Waals surface area contributed by atoms with Crippen molar-refractivity contribution in [1.82, 2.24) is 0 Å². The van der Waals surface area contributed by atoms with Gasteiger partial charge in [-0.2, -0.15) is 0 Å². The van der Waals surface area contributed by atoms with E-state index in [1.54, 1.807) is 0 Å². The Kier molecular flexibility index (Phi) is 18.9. The molecule has 4 heteroatoms. The van der Waals surface area contributed by atoms with E-state index in [9.17, 15) is 0 Å². The summed E-state index contributed by atoms with van der Waals surface area (Å²) in [5, 5.41) is 2.44. The van der Waals surface area contributed by atoms with Crippen molar-refractivity contribution in [2.45, 2.75) is 0 Å². The Morgan fingerprint density at radius 2 is 0.255 bits per heavy atom. The fourth-order valence-electron chi connectivity index (χ4n) is 15.1. The van der Waals surface area contributed by atoms with Crippen LogP contribution in [0.2, 0.25) is 0 Å². The van der Waals surface area contributed by atoms with Gasteiger partial charge in [-0.25, -0.2) is 0 Å². The monoisotopic (exact) mass is 1400 g/mol. The van der Waals surface area contributed by atoms with Crippen molar-refractivity contribution >= 4 is 79.0 Å². The van der Waals surface area contributed by atoms with Crippen LogP contribution in [-0.4, -0.2) is 0 Å². The largest absolute Gasteiger partial charge is 0.311 e. The molecule has 0 saturated carbocycles. The maximum Gasteiger partial charge on any atom is 0.0468 e. The molecular formula is C106H76N4. The van der Waals surface area contributed by atoms with Crippen molar-refractivity contribution in [2.24, 2.45) is 0 Å². The molecule has 0 bridgehead atoms. The third kappa shape index (κ3) is 14.4. The van der Waals surface area contributed by atoms with E-state index in [-0.39, 0.29) is 0 Å². The summed E-state index contributed by atoms with van der Waals surface area (Å²) < 4.78 is 0. The van der Waals surface area contributed by atoms with Crippen LogP contribution in [0.15, 0.2) is 461 Å². The highest BCUT2D eigenvalue weighted by Crippen LogP contribution is 2.44. The second kappa shape index (κ2) is 30.9. The molecule has 18 aromatic carbocycles. The molecule has 0 N–H and O–H groups in total. The normalized spacial score (nSPS) is 11.1. The molecule has 0 heterocycles. The zero-order chi connectivity index (χ0) is 73.4. The van der Waals surface area contributed by atoms with Gasteiger partial charge < -0.3 is 19.6 Å². The van der Waals surface area contributed by atoms with Gasteiger partial charge in [-0.15, -0.1) is 0 Å². The minimum atomic E-state index is 1.07. The third-order valence-electron chi connectivity index (χ3n) is 20.9. The van der Waals surface area contributed by atoms with Gasteiger partial charge in [0.15, 0.2) is 0 Å². The van der Waals surface area contributed by atoms with E-state index in [1.165, 1.54) is 44.2 Å². The summed E-state index contributed by atoms with van der Waals surface area (Å²) in [6.07, 6.45) is 0. The molecule has 0 saturated heterocycles. The van der Waals surface area contributed by atoms with E-state index in [0.29, 0.717) is 0 Å². The van der Waals surface area contributed by atoms with Gasteiger partial charge in [-0.05, 0) is 251 Å². The zero-order valence-corrected chi connectivity index (χ0v) is 60.7. The Hall–Kier alpha value is -14.6. The Labute approximate surface area is 644 Å². The molecule has 18 rings (SSSR count). The van der Waals surface area contributed by atoms with Crippen molar-refractivity contribution in [3.05, 3.63) is 461 Å². The first kappa shape index (κ1) is 67.3. The third-order valence-corrected chi connectivity index (χ3v) is 20.9. The second-order valence-corrected chi connectivity index (χ2v) is 27.7. The number of hydrogen-bond acceptors (Lipinski definition) is 4. The molecule has 18 aromatic rings. The Morgan fingerprint density at radius 3 is 0.509 bits per heavy atom. The van der Waals surface area contributed by atoms with E-state index in [4.69, 9.17) is 0 Å². The first-order valence-electron chi connectivity index (χ1n) is 37.6. The first-order chi connectivity index (χ1) is 54.5. The summed E-state index contributed by atoms with van der Waals surface area (Å²) in [4.78, 5) is 9.33. The van der Waals surface area contributed by atoms with E-state index < -0.39 is 0 Å². The van der Waals surface area contributed by atoms with Crippen LogP contribution in [0.5, 0.6) is 0 Å². The zero-order valence-electron chi connectivity index (χ0n) is 60.7. The lowest BCUT2D eigenvalue weighted by Crippen LogP contribution is -2.10. The minimum absolute atomic E-state index is 1.07. The molecule has 0 spiro atoms. The highest BCUT2D eigenvalue weighted by molar-refractivity contribution is 5.91. The lowest BCUT2D eigenvalue weighted by atomic mass is 9.97. The minimum Gasteiger partial charge on any atom is -0.311 e. The van der Waals surface area contributed by atoms with Gasteiger partial charge in [0, 0.05) is 68.2 Å². The standard InChI is InChI=1S/C106H76N4/c1-6-19-77(20-7-1)83-41-58-99(59-42-83)108(103-68-51-88(52-69-103)89-53-70-105(71-54-89)110(97-31-14-5-15-32-97)106-74-57-79-23-16-17-24-94(79)76-106)101-66-49-87(50-67-101)82-37-39-90(40-38-82)92-25-18-26-93(75-92)91-55-72-104(73-56-91)109(100-60-43-84(44-61-100)78-21-8-2-9-22-78)102-64-47-86(48-65-102)81-35-33-80(34-36-81)85-45-62-98(63-46-85)107(95-27-10-3-11-28-95)96-29-12-4-13-30-96/h1-76H. The van der Waals surface area contributed by atoms with Crippen LogP contribution in [0.1, 0.15) is 0 Å². The first-order valence-corrected chi connectivity index (χ1v) is 37.6. The predicted octanol–water partition coefficient (Wildman–Crippen LogP) is 30.1. The highest BCUT2D eigenvalue weighted by Gasteiger charge is 2.20. The molecule has 0 fully saturated rings. The fourth-order valence-corrected chi connectivity index (χ4v) is 15.1. The molecule has 4 nitrogen and oxygen atoms in total. The Bertz CT molecular complexity index is 6050. The van der Waals surface area contributed by atoms with Crippen molar-refractivity contribution in [3.63, 3.8) is 0 Å². The summed E-state index contributed by atoms with van der Waals surface area (Å²) in [5.41, 5.74) is 31.7. The average Bonchev–Trinajstić information content (AvgIpc) is 0.797. The number of hydrogen-bond donors (Lipinski definition) is 0. The van der Waals surface area contributed by atoms with E-state index in [0.717, 1.165) is 124 Å². The van der Waals surface area contributed by atoms with Gasteiger partial charge in [0.1, 0.15) is 0 Å². The highest BCUT2D eigenvalue weighted by atomic mass is 15.2. The van der Waals surface area contributed by atoms with Crippen LogP contribution in [0.25, 0.3) is 99.8 Å². The summed E-state index contributed by atoms with van der Waals surface area (Å²) in [6.45, 7) is 0. The van der Waals surface area contributed by atoms with Crippen LogP contribution in [0.3, 0.4) is 0 Å². The van der Waals surface area contributed by atoms with Gasteiger partial charge in [0.25, 0.3) is 0 Å². The molecule has 0 aliphatic heterocycles. The molecule has 0 unspecified atom stereocenters. The number of anilines is 12. The predicted molar refractivity (Wildman–Crippen MR) is 466 cm³/mol. The molecule has 110 heavy (non-hydrogen) atoms. The van der Waals surface area contributed by atoms with E-state index in [2.05, 4.69) is 481 Å². The smallest absolute Gasteiger partial charge is 0.0468 e. The number of nitrogens with zero attached hydrogens (tertiary/aromatic N) is 4. The SMILES string of the molecule is c1ccc(-c2ccc(N(c3ccc(-c4ccc(-c5cccc(-c6ccc(N(c7ccc(-c8ccccc8)cc7)c7ccc(-c8ccc(-c9ccc(N(c%10ccccc%10)c%10ccccc%10)cc9)cc8)cc7)cc6)c5)cc4)cc3)c3ccc(-c4ccc(N(c5ccccc5)c5ccc6ccccc6c5)cc4)cc3)cc2)cc1. The topological polar surface area (TPSA) is 13.0 Å². The number of para-hydroxylation sites is 3. The van der Waals surface area contributed by atoms with Crippen LogP contribution in [-0.2, 0) is 0 Å². The lowest BCUT2D eigenvalue weighted by molar-refractivity contribution is 1.28. The van der Waals surface area contributed by atoms with Crippen LogP contribution >= 0.6 is 0 Å². The maximum absolute atomic E-state index is 2.35. The average molecular weight is 1410 g/mol. The summed E-state index contributed by atoms with van der Waals surface area (Å²) >= 11 is 0. The van der Waals surface area contributed by atoms with Crippen LogP contribution in [0.4, 0.5) is 68.2 Å². The molecule has 0 amide bonds. The van der Waals surface area contributed by atoms with Gasteiger partial charge in [0.2, 0.25) is 0 Å². The van der Waals surface area contributed by atoms with Crippen molar-refractivity contribution in [1.29, 1.82) is 0 Å². The van der Waals surface area contributed by atoms with Gasteiger partial charge in [-0.3, -0.25) is 0 Å². The molecule has 520 valence electrons. The van der Waals surface area contributed by atoms with Crippen LogP contribution in [0, 0.1) is 0 Å². The van der Waals surface area contributed by atoms with Crippen LogP contribution < -0.4 is 19.6 Å². The molecule has 0 atom stereocenters. The van der Waals surface area contributed by atoms with Gasteiger partial charge in [-0.1, -0.05) is 309 Å². The Morgan fingerprint density at radius 1 is 0.0909 bits per heavy atom. The number of rotatable bonds is 20. The Balaban J connectivity index is 0.577. The van der Waals surface area contributed by atoms with E-state index in [1.807, 2.05) is 0 Å². The molecule has 0 aromatic heterocycles. The van der Waals surface area contributed by atoms with Gasteiger partial charge in [0.05, 0.1) is 0 Å². The quantitative estimate of drug-likeness (QED) is 0.0754. The lowest BCUT2D eigenvalue weighted by Gasteiger charge is -2.26. The fraction of sp³-hybridized carbons (Fsp3) is 0. The van der Waals surface area contributed by atoms with Crippen molar-refractivity contribution < 1.29 is 0 Å². The summed E-state index contributed by atoms with van der Waals surface area (Å²) in [7, 11) is 0. The van der Waals surface area contributed by atoms with Crippen molar-refractivity contribution in [3.8, 4) is 89.0 Å². The van der Waals surface area contributed by atoms with Gasteiger partial charge >= 0.3 is 0 Å². The van der Waals surface area contributed by atoms with E-state index >= 15 is 0 Å². The van der Waals surface area contributed by atoms with Crippen molar-refractivity contribution in [2.75, 3.05) is 19.6 Å².